The lowest BCUT2D eigenvalue weighted by molar-refractivity contribution is -0.138. The largest absolute Gasteiger partial charge is 0.481 e. The maximum absolute atomic E-state index is 12.5. The number of benzene rings is 1. The lowest BCUT2D eigenvalue weighted by atomic mass is 9.92. The normalized spacial score (nSPS) is 16.9. The van der Waals surface area contributed by atoms with E-state index in [1.54, 1.807) is 12.1 Å². The third-order valence-electron chi connectivity index (χ3n) is 4.14. The SMILES string of the molecule is O=C(O)CC(CC(=O)N1CCCCCC1)c1ccc(Cl)cc1. The zero-order valence-corrected chi connectivity index (χ0v) is 13.4. The number of hydrogen-bond donors (Lipinski definition) is 1. The number of nitrogens with zero attached hydrogens (tertiary/aromatic N) is 1. The highest BCUT2D eigenvalue weighted by molar-refractivity contribution is 6.30. The molecule has 120 valence electrons. The molecule has 1 N–H and O–H groups in total. The molecular weight excluding hydrogens is 302 g/mol. The van der Waals surface area contributed by atoms with E-state index < -0.39 is 5.97 Å². The van der Waals surface area contributed by atoms with Crippen molar-refractivity contribution in [2.24, 2.45) is 0 Å². The number of carbonyl (C=O) groups is 2. The molecule has 2 rings (SSSR count). The van der Waals surface area contributed by atoms with Crippen LogP contribution >= 0.6 is 11.6 Å². The highest BCUT2D eigenvalue weighted by Crippen LogP contribution is 2.26. The molecule has 1 atom stereocenters. The lowest BCUT2D eigenvalue weighted by Crippen LogP contribution is -2.33. The molecule has 0 radical (unpaired) electrons. The summed E-state index contributed by atoms with van der Waals surface area (Å²) in [5, 5.41) is 9.73. The van der Waals surface area contributed by atoms with E-state index in [4.69, 9.17) is 16.7 Å². The van der Waals surface area contributed by atoms with Gasteiger partial charge in [-0.25, -0.2) is 0 Å². The van der Waals surface area contributed by atoms with Crippen molar-refractivity contribution in [3.63, 3.8) is 0 Å². The predicted octanol–water partition coefficient (Wildman–Crippen LogP) is 3.69. The number of carboxylic acid groups (broad SMARTS) is 1. The van der Waals surface area contributed by atoms with Gasteiger partial charge in [-0.05, 0) is 30.5 Å². The van der Waals surface area contributed by atoms with Crippen molar-refractivity contribution in [1.82, 2.24) is 4.90 Å². The Morgan fingerprint density at radius 3 is 2.18 bits per heavy atom. The summed E-state index contributed by atoms with van der Waals surface area (Å²) in [7, 11) is 0. The second-order valence-corrected chi connectivity index (χ2v) is 6.28. The molecule has 1 unspecified atom stereocenters. The molecule has 22 heavy (non-hydrogen) atoms. The van der Waals surface area contributed by atoms with Gasteiger partial charge in [-0.2, -0.15) is 0 Å². The van der Waals surface area contributed by atoms with Crippen LogP contribution in [0.1, 0.15) is 50.0 Å². The Morgan fingerprint density at radius 1 is 1.05 bits per heavy atom. The Kier molecular flexibility index (Phi) is 6.25. The summed E-state index contributed by atoms with van der Waals surface area (Å²) in [6.45, 7) is 1.58. The fourth-order valence-electron chi connectivity index (χ4n) is 2.91. The number of carbonyl (C=O) groups excluding carboxylic acids is 1. The monoisotopic (exact) mass is 323 g/mol. The van der Waals surface area contributed by atoms with E-state index in [2.05, 4.69) is 0 Å². The summed E-state index contributed by atoms with van der Waals surface area (Å²) in [5.74, 6) is -1.13. The summed E-state index contributed by atoms with van der Waals surface area (Å²) in [4.78, 5) is 25.5. The van der Waals surface area contributed by atoms with Gasteiger partial charge in [-0.15, -0.1) is 0 Å². The Hall–Kier alpha value is -1.55. The Bertz CT molecular complexity index is 507. The van der Waals surface area contributed by atoms with Crippen molar-refractivity contribution >= 4 is 23.5 Å². The fourth-order valence-corrected chi connectivity index (χ4v) is 3.04. The highest BCUT2D eigenvalue weighted by Gasteiger charge is 2.23. The smallest absolute Gasteiger partial charge is 0.303 e. The Labute approximate surface area is 136 Å². The van der Waals surface area contributed by atoms with Crippen LogP contribution in [-0.4, -0.2) is 35.0 Å². The summed E-state index contributed by atoms with van der Waals surface area (Å²) in [6, 6.07) is 7.10. The molecule has 1 heterocycles. The third-order valence-corrected chi connectivity index (χ3v) is 4.39. The number of aliphatic carboxylic acids is 1. The van der Waals surface area contributed by atoms with Gasteiger partial charge in [0, 0.05) is 30.5 Å². The zero-order valence-electron chi connectivity index (χ0n) is 12.6. The molecule has 4 nitrogen and oxygen atoms in total. The maximum atomic E-state index is 12.5. The molecule has 1 aliphatic heterocycles. The molecule has 5 heteroatoms. The molecule has 0 spiro atoms. The van der Waals surface area contributed by atoms with Gasteiger partial charge in [-0.3, -0.25) is 9.59 Å². The molecular formula is C17H22ClNO3. The lowest BCUT2D eigenvalue weighted by Gasteiger charge is -2.23. The Morgan fingerprint density at radius 2 is 1.64 bits per heavy atom. The van der Waals surface area contributed by atoms with E-state index in [0.29, 0.717) is 5.02 Å². The first-order chi connectivity index (χ1) is 10.6. The molecule has 1 amide bonds. The average Bonchev–Trinajstić information content (AvgIpc) is 2.76. The molecule has 0 aromatic heterocycles. The minimum Gasteiger partial charge on any atom is -0.481 e. The fraction of sp³-hybridized carbons (Fsp3) is 0.529. The Balaban J connectivity index is 2.06. The second-order valence-electron chi connectivity index (χ2n) is 5.85. The molecule has 0 saturated carbocycles. The van der Waals surface area contributed by atoms with Crippen LogP contribution in [0.25, 0.3) is 0 Å². The van der Waals surface area contributed by atoms with Crippen molar-refractivity contribution in [3.05, 3.63) is 34.9 Å². The van der Waals surface area contributed by atoms with E-state index in [9.17, 15) is 9.59 Å². The zero-order chi connectivity index (χ0) is 15.9. The van der Waals surface area contributed by atoms with Crippen molar-refractivity contribution in [3.8, 4) is 0 Å². The minimum absolute atomic E-state index is 0.0405. The van der Waals surface area contributed by atoms with E-state index in [-0.39, 0.29) is 24.7 Å². The van der Waals surface area contributed by atoms with Crippen LogP contribution in [0, 0.1) is 0 Å². The quantitative estimate of drug-likeness (QED) is 0.899. The van der Waals surface area contributed by atoms with Gasteiger partial charge in [0.2, 0.25) is 5.91 Å². The van der Waals surface area contributed by atoms with Gasteiger partial charge in [-0.1, -0.05) is 36.6 Å². The van der Waals surface area contributed by atoms with E-state index >= 15 is 0 Å². The molecule has 1 aliphatic rings. The van der Waals surface area contributed by atoms with Gasteiger partial charge in [0.05, 0.1) is 6.42 Å². The first-order valence-electron chi connectivity index (χ1n) is 7.81. The van der Waals surface area contributed by atoms with Gasteiger partial charge >= 0.3 is 5.97 Å². The van der Waals surface area contributed by atoms with Crippen LogP contribution in [-0.2, 0) is 9.59 Å². The predicted molar refractivity (Wildman–Crippen MR) is 86.1 cm³/mol. The number of hydrogen-bond acceptors (Lipinski definition) is 2. The van der Waals surface area contributed by atoms with Crippen LogP contribution in [0.5, 0.6) is 0 Å². The van der Waals surface area contributed by atoms with Gasteiger partial charge in [0.1, 0.15) is 0 Å². The molecule has 1 aromatic rings. The number of rotatable bonds is 5. The van der Waals surface area contributed by atoms with Crippen LogP contribution < -0.4 is 0 Å². The van der Waals surface area contributed by atoms with Crippen molar-refractivity contribution in [2.75, 3.05) is 13.1 Å². The molecule has 1 fully saturated rings. The van der Waals surface area contributed by atoms with E-state index in [0.717, 1.165) is 31.5 Å². The molecule has 0 bridgehead atoms. The number of halogens is 1. The van der Waals surface area contributed by atoms with Crippen LogP contribution in [0.3, 0.4) is 0 Å². The van der Waals surface area contributed by atoms with Crippen LogP contribution in [0.15, 0.2) is 24.3 Å². The second kappa shape index (κ2) is 8.18. The van der Waals surface area contributed by atoms with Gasteiger partial charge in [0.25, 0.3) is 0 Å². The number of carboxylic acids is 1. The average molecular weight is 324 g/mol. The van der Waals surface area contributed by atoms with Crippen molar-refractivity contribution in [2.45, 2.75) is 44.4 Å². The number of likely N-dealkylation sites (tertiary alicyclic amines) is 1. The minimum atomic E-state index is -0.886. The van der Waals surface area contributed by atoms with E-state index in [1.807, 2.05) is 17.0 Å². The third kappa shape index (κ3) is 5.02. The first-order valence-corrected chi connectivity index (χ1v) is 8.19. The summed E-state index contributed by atoms with van der Waals surface area (Å²) >= 11 is 5.88. The van der Waals surface area contributed by atoms with E-state index in [1.165, 1.54) is 12.8 Å². The molecule has 1 saturated heterocycles. The van der Waals surface area contributed by atoms with Gasteiger partial charge in [0.15, 0.2) is 0 Å². The first kappa shape index (κ1) is 16.8. The van der Waals surface area contributed by atoms with Crippen LogP contribution in [0.2, 0.25) is 5.02 Å². The van der Waals surface area contributed by atoms with Crippen molar-refractivity contribution < 1.29 is 14.7 Å². The van der Waals surface area contributed by atoms with Crippen molar-refractivity contribution in [1.29, 1.82) is 0 Å². The van der Waals surface area contributed by atoms with Gasteiger partial charge < -0.3 is 10.0 Å². The topological polar surface area (TPSA) is 57.6 Å². The standard InChI is InChI=1S/C17H22ClNO3/c18-15-7-5-13(6-8-15)14(12-17(21)22)11-16(20)19-9-3-1-2-4-10-19/h5-8,14H,1-4,9-12H2,(H,21,22). The molecule has 0 aliphatic carbocycles. The van der Waals surface area contributed by atoms with Crippen LogP contribution in [0.4, 0.5) is 0 Å². The number of amides is 1. The summed E-state index contributed by atoms with van der Waals surface area (Å²) in [5.41, 5.74) is 0.856. The summed E-state index contributed by atoms with van der Waals surface area (Å²) in [6.07, 6.45) is 4.61. The molecule has 1 aromatic carbocycles. The highest BCUT2D eigenvalue weighted by atomic mass is 35.5. The summed E-state index contributed by atoms with van der Waals surface area (Å²) < 4.78 is 0. The maximum Gasteiger partial charge on any atom is 0.303 e.